The Balaban J connectivity index is 1.69. The maximum Gasteiger partial charge on any atom is 0.325 e. The predicted molar refractivity (Wildman–Crippen MR) is 335 cm³/mol. The zero-order valence-electron chi connectivity index (χ0n) is 55.3. The normalized spacial score (nSPS) is 26.8. The first-order valence-electron chi connectivity index (χ1n) is 31.5. The lowest BCUT2D eigenvalue weighted by atomic mass is 9.97. The van der Waals surface area contributed by atoms with Crippen LogP contribution in [-0.2, 0) is 102 Å². The number of nitrogens with zero attached hydrogens (tertiary/aromatic N) is 2. The van der Waals surface area contributed by atoms with Crippen LogP contribution in [0.1, 0.15) is 60.8 Å². The zero-order chi connectivity index (χ0) is 72.4. The van der Waals surface area contributed by atoms with Crippen LogP contribution < -0.4 is 37.2 Å². The molecule has 0 aromatic carbocycles. The molecule has 3 saturated heterocycles. The number of hydrogen-bond donors (Lipinski definition) is 18. The minimum atomic E-state index is -3.72. The van der Waals surface area contributed by atoms with Crippen molar-refractivity contribution in [2.75, 3.05) is 145 Å². The fourth-order valence-electron chi connectivity index (χ4n) is 9.61. The number of aliphatic hydroxyl groups is 10. The topological polar surface area (TPSA) is 551 Å². The van der Waals surface area contributed by atoms with Gasteiger partial charge in [0.1, 0.15) is 73.1 Å². The highest BCUT2D eigenvalue weighted by Crippen LogP contribution is 2.47. The number of hydrogen-bond acceptors (Lipinski definition) is 31. The lowest BCUT2D eigenvalue weighted by Gasteiger charge is -2.42. The van der Waals surface area contributed by atoms with E-state index in [4.69, 9.17) is 63.5 Å². The molecule has 3 rings (SSSR count). The molecule has 39 nitrogen and oxygen atoms in total. The van der Waals surface area contributed by atoms with Gasteiger partial charge in [-0.3, -0.25) is 43.3 Å². The van der Waals surface area contributed by atoms with E-state index in [1.165, 1.54) is 25.7 Å². The Morgan fingerprint density at radius 1 is 0.515 bits per heavy atom. The second-order valence-electron chi connectivity index (χ2n) is 23.6. The second kappa shape index (κ2) is 45.4. The van der Waals surface area contributed by atoms with Gasteiger partial charge in [-0.1, -0.05) is 0 Å². The summed E-state index contributed by atoms with van der Waals surface area (Å²) in [7, 11) is 0. The maximum atomic E-state index is 14.0. The van der Waals surface area contributed by atoms with Gasteiger partial charge in [0.15, 0.2) is 18.9 Å². The summed E-state index contributed by atoms with van der Waals surface area (Å²) in [5, 5.41) is 120. The first-order chi connectivity index (χ1) is 45.8. The number of amides is 8. The summed E-state index contributed by atoms with van der Waals surface area (Å²) in [6, 6.07) is -3.57. The summed E-state index contributed by atoms with van der Waals surface area (Å²) in [6.45, 7) is -1.17. The van der Waals surface area contributed by atoms with Gasteiger partial charge in [-0.2, -0.15) is 0 Å². The smallest absolute Gasteiger partial charge is 0.325 e. The van der Waals surface area contributed by atoms with Gasteiger partial charge in [0.25, 0.3) is 0 Å². The van der Waals surface area contributed by atoms with E-state index >= 15 is 0 Å². The average molecular weight is 1440 g/mol. The average Bonchev–Trinajstić information content (AvgIpc) is 0.824. The van der Waals surface area contributed by atoms with Gasteiger partial charge in [-0.15, -0.1) is 0 Å². The highest BCUT2D eigenvalue weighted by molar-refractivity contribution is 8.07. The molecule has 17 atom stereocenters. The largest absolute Gasteiger partial charge is 0.394 e. The van der Waals surface area contributed by atoms with Gasteiger partial charge < -0.3 is 150 Å². The minimum Gasteiger partial charge on any atom is -0.394 e. The van der Waals surface area contributed by atoms with Gasteiger partial charge in [0.05, 0.1) is 117 Å². The molecular formula is C56H102N9O30PS. The van der Waals surface area contributed by atoms with Crippen molar-refractivity contribution in [1.82, 2.24) is 47.0 Å². The first-order valence-corrected chi connectivity index (χ1v) is 34.1. The van der Waals surface area contributed by atoms with Gasteiger partial charge >= 0.3 is 6.72 Å². The third kappa shape index (κ3) is 33.7. The van der Waals surface area contributed by atoms with Crippen molar-refractivity contribution in [2.45, 2.75) is 164 Å². The van der Waals surface area contributed by atoms with Crippen LogP contribution in [-0.4, -0.2) is 361 Å². The number of carbonyl (C=O) groups is 8. The molecule has 0 aromatic heterocycles. The summed E-state index contributed by atoms with van der Waals surface area (Å²) < 4.78 is 60.8. The second-order valence-corrected chi connectivity index (χ2v) is 26.4. The van der Waals surface area contributed by atoms with E-state index in [2.05, 4.69) is 37.2 Å². The Hall–Kier alpha value is -4.51. The van der Waals surface area contributed by atoms with Crippen LogP contribution in [0.2, 0.25) is 0 Å². The molecular weight excluding hydrogens is 1340 g/mol. The SMILES string of the molecule is CC(=O)NC1C(OCCOCCNC(=O)CN(CCN(CC(=O)NCCOCCOC2OC(CO)C(O)C(O)C2NC(C)=O)C(=O)CCCC(=O)NC[C@@H](O)COP(O)(=S)OC(C)(C)C)CC(=O)NCCOCCOC2OC(CO)C(O)C(O)C2NC(C)=O)OC(CO)C(O)C1O. The van der Waals surface area contributed by atoms with Crippen LogP contribution in [0, 0.1) is 0 Å². The van der Waals surface area contributed by atoms with Crippen LogP contribution in [0.5, 0.6) is 0 Å². The fourth-order valence-corrected chi connectivity index (χ4v) is 11.6. The van der Waals surface area contributed by atoms with Crippen LogP contribution >= 0.6 is 6.72 Å². The number of nitrogens with one attached hydrogen (secondary N) is 7. The molecule has 0 radical (unpaired) electrons. The van der Waals surface area contributed by atoms with E-state index in [9.17, 15) is 94.3 Å². The molecule has 3 aliphatic heterocycles. The Morgan fingerprint density at radius 3 is 1.24 bits per heavy atom. The maximum absolute atomic E-state index is 14.0. The standard InChI is InChI=1S/C56H102N9O30PS/c1-32(69)61-44-50(81)47(78)36(28-66)92-53(44)88-21-18-85-15-10-57-40(74)25-64(26-41(75)58-11-16-86-19-22-89-54-45(62-33(2)70)51(82)48(79)37(29-67)93-54)13-14-65(43(77)9-7-8-39(73)60-24-35(72)31-91-96(84,97)95-56(4,5)6)27-42(76)59-12-17-87-20-23-90-55-46(63-34(3)71)52(83)49(80)38(30-68)94-55/h35-38,44-55,66-68,72,78-83H,7-31H2,1-6H3,(H,57,74)(H,58,75)(H,59,76)(H,60,73)(H,61,69)(H,62,70)(H,63,71)(H,84,97)/t35-,36?,37?,38?,44?,45?,46?,47?,48?,49?,50?,51?,52?,53?,54?,55?,96?/m1/s1. The van der Waals surface area contributed by atoms with E-state index in [0.717, 1.165) is 4.90 Å². The molecule has 3 aliphatic rings. The van der Waals surface area contributed by atoms with Crippen molar-refractivity contribution in [3.05, 3.63) is 0 Å². The molecule has 0 aromatic rings. The van der Waals surface area contributed by atoms with Crippen molar-refractivity contribution < 1.29 is 146 Å². The lowest BCUT2D eigenvalue weighted by molar-refractivity contribution is -0.272. The summed E-state index contributed by atoms with van der Waals surface area (Å²) in [5.74, 6) is -4.76. The van der Waals surface area contributed by atoms with Gasteiger partial charge in [0.2, 0.25) is 47.3 Å². The van der Waals surface area contributed by atoms with E-state index < -0.39 is 204 Å². The van der Waals surface area contributed by atoms with Crippen molar-refractivity contribution in [3.8, 4) is 0 Å². The predicted octanol–water partition coefficient (Wildman–Crippen LogP) is -9.91. The Labute approximate surface area is 566 Å². The fraction of sp³-hybridized carbons (Fsp3) is 0.857. The molecule has 562 valence electrons. The van der Waals surface area contributed by atoms with Crippen LogP contribution in [0.15, 0.2) is 0 Å². The molecule has 0 aliphatic carbocycles. The molecule has 97 heavy (non-hydrogen) atoms. The van der Waals surface area contributed by atoms with Gasteiger partial charge in [-0.25, -0.2) is 0 Å². The summed E-state index contributed by atoms with van der Waals surface area (Å²) >= 11 is 4.98. The number of aliphatic hydroxyl groups excluding tert-OH is 10. The highest BCUT2D eigenvalue weighted by atomic mass is 32.5. The Kier molecular flexibility index (Phi) is 40.6. The zero-order valence-corrected chi connectivity index (χ0v) is 57.1. The van der Waals surface area contributed by atoms with Crippen molar-refractivity contribution >= 4 is 65.8 Å². The van der Waals surface area contributed by atoms with E-state index in [-0.39, 0.29) is 118 Å². The van der Waals surface area contributed by atoms with Crippen molar-refractivity contribution in [2.24, 2.45) is 0 Å². The molecule has 0 saturated carbocycles. The molecule has 3 fully saturated rings. The van der Waals surface area contributed by atoms with Crippen molar-refractivity contribution in [1.29, 1.82) is 0 Å². The molecule has 3 heterocycles. The van der Waals surface area contributed by atoms with Crippen LogP contribution in [0.4, 0.5) is 0 Å². The van der Waals surface area contributed by atoms with Crippen LogP contribution in [0.25, 0.3) is 0 Å². The van der Waals surface area contributed by atoms with Gasteiger partial charge in [0, 0.05) is 72.9 Å². The third-order valence-corrected chi connectivity index (χ3v) is 16.0. The quantitative estimate of drug-likeness (QED) is 0.0199. The number of ether oxygens (including phenoxy) is 9. The molecule has 18 N–H and O–H groups in total. The van der Waals surface area contributed by atoms with E-state index in [0.29, 0.717) is 0 Å². The van der Waals surface area contributed by atoms with E-state index in [1.807, 2.05) is 0 Å². The number of carbonyl (C=O) groups excluding carboxylic acids is 8. The molecule has 0 bridgehead atoms. The number of rotatable bonds is 46. The third-order valence-electron chi connectivity index (χ3n) is 14.2. The highest BCUT2D eigenvalue weighted by Gasteiger charge is 2.48. The Bertz CT molecular complexity index is 2370. The van der Waals surface area contributed by atoms with Crippen molar-refractivity contribution in [3.63, 3.8) is 0 Å². The molecule has 0 spiro atoms. The minimum absolute atomic E-state index is 0.0521. The molecule has 8 amide bonds. The van der Waals surface area contributed by atoms with E-state index in [1.54, 1.807) is 20.8 Å². The summed E-state index contributed by atoms with van der Waals surface area (Å²) in [6.07, 6.45) is -18.6. The van der Waals surface area contributed by atoms with Gasteiger partial charge in [-0.05, 0) is 39.0 Å². The first kappa shape index (κ1) is 86.7. The molecule has 16 unspecified atom stereocenters. The monoisotopic (exact) mass is 1440 g/mol. The summed E-state index contributed by atoms with van der Waals surface area (Å²) in [4.78, 5) is 116. The summed E-state index contributed by atoms with van der Waals surface area (Å²) in [5.41, 5.74) is -0.844. The lowest BCUT2D eigenvalue weighted by Crippen LogP contribution is -2.64. The van der Waals surface area contributed by atoms with Crippen LogP contribution in [0.3, 0.4) is 0 Å². The molecule has 41 heteroatoms. The Morgan fingerprint density at radius 2 is 0.887 bits per heavy atom.